The monoisotopic (exact) mass is 278 g/mol. The Morgan fingerprint density at radius 2 is 2.05 bits per heavy atom. The van der Waals surface area contributed by atoms with Crippen molar-refractivity contribution in [2.75, 3.05) is 6.54 Å². The van der Waals surface area contributed by atoms with Crippen LogP contribution in [0.5, 0.6) is 0 Å². The molecule has 0 unspecified atom stereocenters. The Morgan fingerprint density at radius 1 is 1.19 bits per heavy atom. The van der Waals surface area contributed by atoms with E-state index in [9.17, 15) is 0 Å². The van der Waals surface area contributed by atoms with Crippen LogP contribution < -0.4 is 5.73 Å². The summed E-state index contributed by atoms with van der Waals surface area (Å²) in [6.45, 7) is 0.655. The first-order valence-corrected chi connectivity index (χ1v) is 7.49. The number of fused-ring (bicyclic) bond motifs is 1. The van der Waals surface area contributed by atoms with E-state index in [0.29, 0.717) is 12.6 Å². The number of rotatable bonds is 4. The fourth-order valence-corrected chi connectivity index (χ4v) is 2.96. The van der Waals surface area contributed by atoms with Crippen molar-refractivity contribution in [1.82, 2.24) is 14.5 Å². The largest absolute Gasteiger partial charge is 0.330 e. The lowest BCUT2D eigenvalue weighted by atomic mass is 10.0. The first-order chi connectivity index (χ1) is 10.4. The van der Waals surface area contributed by atoms with Crippen LogP contribution in [0.4, 0.5) is 0 Å². The minimum Gasteiger partial charge on any atom is -0.330 e. The molecule has 0 radical (unpaired) electrons. The van der Waals surface area contributed by atoms with Crippen LogP contribution in [-0.2, 0) is 6.42 Å². The van der Waals surface area contributed by atoms with Gasteiger partial charge in [0.25, 0.3) is 0 Å². The molecular weight excluding hydrogens is 260 g/mol. The van der Waals surface area contributed by atoms with E-state index in [1.807, 2.05) is 12.4 Å². The normalized spacial score (nSPS) is 14.7. The number of hydrogen-bond acceptors (Lipinski definition) is 3. The van der Waals surface area contributed by atoms with Gasteiger partial charge in [0.05, 0.1) is 11.7 Å². The molecule has 1 aliphatic rings. The summed E-state index contributed by atoms with van der Waals surface area (Å²) in [5.41, 5.74) is 10.4. The molecule has 1 aromatic carbocycles. The van der Waals surface area contributed by atoms with E-state index in [0.717, 1.165) is 17.8 Å². The lowest BCUT2D eigenvalue weighted by Crippen LogP contribution is -2.05. The molecule has 21 heavy (non-hydrogen) atoms. The second kappa shape index (κ2) is 4.97. The van der Waals surface area contributed by atoms with Crippen molar-refractivity contribution in [2.24, 2.45) is 5.73 Å². The summed E-state index contributed by atoms with van der Waals surface area (Å²) in [6.07, 6.45) is 7.05. The SMILES string of the molecule is NCCc1ccccc1-c1nc2cnccc2n1C1CC1. The number of benzene rings is 1. The number of pyridine rings is 1. The predicted molar refractivity (Wildman–Crippen MR) is 84.0 cm³/mol. The Hall–Kier alpha value is -2.20. The number of imidazole rings is 1. The molecule has 4 nitrogen and oxygen atoms in total. The van der Waals surface area contributed by atoms with Crippen molar-refractivity contribution in [3.8, 4) is 11.4 Å². The highest BCUT2D eigenvalue weighted by atomic mass is 15.1. The van der Waals surface area contributed by atoms with Crippen LogP contribution in [0.1, 0.15) is 24.4 Å². The van der Waals surface area contributed by atoms with E-state index in [1.54, 1.807) is 0 Å². The zero-order valence-corrected chi connectivity index (χ0v) is 11.9. The Kier molecular flexibility index (Phi) is 2.97. The third-order valence-electron chi connectivity index (χ3n) is 4.08. The van der Waals surface area contributed by atoms with Crippen molar-refractivity contribution in [1.29, 1.82) is 0 Å². The van der Waals surface area contributed by atoms with Gasteiger partial charge in [-0.15, -0.1) is 0 Å². The van der Waals surface area contributed by atoms with Gasteiger partial charge in [0.2, 0.25) is 0 Å². The smallest absolute Gasteiger partial charge is 0.141 e. The molecule has 0 amide bonds. The van der Waals surface area contributed by atoms with Gasteiger partial charge in [0.1, 0.15) is 11.3 Å². The molecule has 2 heterocycles. The van der Waals surface area contributed by atoms with Crippen molar-refractivity contribution in [3.05, 3.63) is 48.3 Å². The van der Waals surface area contributed by atoms with Crippen LogP contribution >= 0.6 is 0 Å². The molecule has 0 saturated heterocycles. The van der Waals surface area contributed by atoms with Crippen molar-refractivity contribution >= 4 is 11.0 Å². The van der Waals surface area contributed by atoms with E-state index < -0.39 is 0 Å². The highest BCUT2D eigenvalue weighted by Gasteiger charge is 2.29. The van der Waals surface area contributed by atoms with Gasteiger partial charge in [-0.05, 0) is 37.4 Å². The van der Waals surface area contributed by atoms with E-state index in [-0.39, 0.29) is 0 Å². The van der Waals surface area contributed by atoms with Crippen LogP contribution in [-0.4, -0.2) is 21.1 Å². The molecule has 4 heteroatoms. The minimum atomic E-state index is 0.582. The summed E-state index contributed by atoms with van der Waals surface area (Å²) >= 11 is 0. The Bertz CT molecular complexity index is 786. The van der Waals surface area contributed by atoms with Crippen molar-refractivity contribution in [2.45, 2.75) is 25.3 Å². The van der Waals surface area contributed by atoms with E-state index in [1.165, 1.54) is 29.5 Å². The molecule has 106 valence electrons. The number of hydrogen-bond donors (Lipinski definition) is 1. The first-order valence-electron chi connectivity index (χ1n) is 7.49. The van der Waals surface area contributed by atoms with Gasteiger partial charge in [-0.2, -0.15) is 0 Å². The summed E-state index contributed by atoms with van der Waals surface area (Å²) in [5.74, 6) is 1.06. The summed E-state index contributed by atoms with van der Waals surface area (Å²) in [6, 6.07) is 11.1. The Balaban J connectivity index is 1.96. The van der Waals surface area contributed by atoms with Gasteiger partial charge in [0.15, 0.2) is 0 Å². The van der Waals surface area contributed by atoms with Crippen LogP contribution in [0, 0.1) is 0 Å². The molecule has 1 saturated carbocycles. The number of aromatic nitrogens is 3. The van der Waals surface area contributed by atoms with Crippen molar-refractivity contribution in [3.63, 3.8) is 0 Å². The third-order valence-corrected chi connectivity index (χ3v) is 4.08. The molecule has 0 aliphatic heterocycles. The van der Waals surface area contributed by atoms with Gasteiger partial charge in [-0.3, -0.25) is 4.98 Å². The molecular formula is C17H18N4. The van der Waals surface area contributed by atoms with E-state index >= 15 is 0 Å². The van der Waals surface area contributed by atoms with Gasteiger partial charge < -0.3 is 10.3 Å². The summed E-state index contributed by atoms with van der Waals surface area (Å²) in [7, 11) is 0. The molecule has 0 atom stereocenters. The zero-order valence-electron chi connectivity index (χ0n) is 11.9. The maximum atomic E-state index is 5.76. The number of nitrogens with two attached hydrogens (primary N) is 1. The lowest BCUT2D eigenvalue weighted by Gasteiger charge is -2.11. The van der Waals surface area contributed by atoms with Crippen LogP contribution in [0.3, 0.4) is 0 Å². The third kappa shape index (κ3) is 2.12. The quantitative estimate of drug-likeness (QED) is 0.798. The lowest BCUT2D eigenvalue weighted by molar-refractivity contribution is 0.773. The van der Waals surface area contributed by atoms with Gasteiger partial charge in [0, 0.05) is 17.8 Å². The van der Waals surface area contributed by atoms with E-state index in [2.05, 4.69) is 39.9 Å². The maximum Gasteiger partial charge on any atom is 0.141 e. The molecule has 1 fully saturated rings. The molecule has 0 spiro atoms. The van der Waals surface area contributed by atoms with Gasteiger partial charge >= 0.3 is 0 Å². The summed E-state index contributed by atoms with van der Waals surface area (Å²) in [5, 5.41) is 0. The molecule has 0 bridgehead atoms. The molecule has 3 aromatic rings. The predicted octanol–water partition coefficient (Wildman–Crippen LogP) is 2.93. The standard InChI is InChI=1S/C17H18N4/c18-9-7-12-3-1-2-4-14(12)17-20-15-11-19-10-8-16(15)21(17)13-5-6-13/h1-4,8,10-11,13H,5-7,9,18H2. The average molecular weight is 278 g/mol. The van der Waals surface area contributed by atoms with Crippen LogP contribution in [0.2, 0.25) is 0 Å². The molecule has 2 N–H and O–H groups in total. The Labute approximate surface area is 123 Å². The first kappa shape index (κ1) is 12.5. The maximum absolute atomic E-state index is 5.76. The van der Waals surface area contributed by atoms with E-state index in [4.69, 9.17) is 10.7 Å². The molecule has 2 aromatic heterocycles. The fraction of sp³-hybridized carbons (Fsp3) is 0.294. The van der Waals surface area contributed by atoms with Crippen LogP contribution in [0.25, 0.3) is 22.4 Å². The van der Waals surface area contributed by atoms with Gasteiger partial charge in [-0.25, -0.2) is 4.98 Å². The highest BCUT2D eigenvalue weighted by Crippen LogP contribution is 2.41. The topological polar surface area (TPSA) is 56.7 Å². The van der Waals surface area contributed by atoms with Crippen LogP contribution in [0.15, 0.2) is 42.7 Å². The van der Waals surface area contributed by atoms with Crippen molar-refractivity contribution < 1.29 is 0 Å². The zero-order chi connectivity index (χ0) is 14.2. The molecule has 1 aliphatic carbocycles. The fourth-order valence-electron chi connectivity index (χ4n) is 2.96. The second-order valence-corrected chi connectivity index (χ2v) is 5.60. The number of nitrogens with zero attached hydrogens (tertiary/aromatic N) is 3. The average Bonchev–Trinajstić information content (AvgIpc) is 3.28. The van der Waals surface area contributed by atoms with Gasteiger partial charge in [-0.1, -0.05) is 24.3 Å². The Morgan fingerprint density at radius 3 is 2.86 bits per heavy atom. The molecule has 4 rings (SSSR count). The highest BCUT2D eigenvalue weighted by molar-refractivity contribution is 5.81. The minimum absolute atomic E-state index is 0.582. The summed E-state index contributed by atoms with van der Waals surface area (Å²) < 4.78 is 2.38. The summed E-state index contributed by atoms with van der Waals surface area (Å²) in [4.78, 5) is 9.05. The second-order valence-electron chi connectivity index (χ2n) is 5.60.